The first-order chi connectivity index (χ1) is 62.3. The number of nitrogens with one attached hydrogen (secondary N) is 3. The van der Waals surface area contributed by atoms with Gasteiger partial charge in [0.2, 0.25) is 24.0 Å². The molecule has 7 N–H and O–H groups in total. The normalized spacial score (nSPS) is 12.5. The number of carbonyl (C=O) groups is 8. The second-order valence-electron chi connectivity index (χ2n) is 26.6. The highest BCUT2D eigenvalue weighted by atomic mass is 35.5. The first-order valence-corrected chi connectivity index (χ1v) is 39.0. The molecule has 678 valence electrons. The number of nitriles is 5. The summed E-state index contributed by atoms with van der Waals surface area (Å²) in [5.74, 6) is 2.73. The predicted octanol–water partition coefficient (Wildman–Crippen LogP) is 5.87. The van der Waals surface area contributed by atoms with E-state index < -0.39 is 24.4 Å². The smallest absolute Gasteiger partial charge is 0.328 e. The van der Waals surface area contributed by atoms with Gasteiger partial charge in [0.15, 0.2) is 12.6 Å². The summed E-state index contributed by atoms with van der Waals surface area (Å²) in [5.41, 5.74) is 14.6. The Hall–Kier alpha value is -15.1. The number of hydrogen-bond donors (Lipinski definition) is 5. The van der Waals surface area contributed by atoms with Gasteiger partial charge in [-0.1, -0.05) is 29.8 Å². The van der Waals surface area contributed by atoms with Crippen LogP contribution in [-0.4, -0.2) is 279 Å². The highest BCUT2D eigenvalue weighted by Crippen LogP contribution is 2.30. The number of halogens is 1. The molecule has 0 saturated carbocycles. The average Bonchev–Trinajstić information content (AvgIpc) is 0.813. The summed E-state index contributed by atoms with van der Waals surface area (Å²) >= 11 is 5.59. The van der Waals surface area contributed by atoms with Crippen molar-refractivity contribution in [1.82, 2.24) is 54.6 Å². The quantitative estimate of drug-likeness (QED) is 0.0182. The second-order valence-corrected chi connectivity index (χ2v) is 27.0. The van der Waals surface area contributed by atoms with Crippen LogP contribution in [0, 0.1) is 56.7 Å². The summed E-state index contributed by atoms with van der Waals surface area (Å²) in [6.07, 6.45) is 6.99. The van der Waals surface area contributed by atoms with Crippen LogP contribution in [0.3, 0.4) is 0 Å². The van der Waals surface area contributed by atoms with Gasteiger partial charge < -0.3 is 87.7 Å². The number of rotatable bonds is 33. The van der Waals surface area contributed by atoms with Gasteiger partial charge in [-0.3, -0.25) is 54.6 Å². The van der Waals surface area contributed by atoms with Gasteiger partial charge in [-0.25, -0.2) is 54.3 Å². The van der Waals surface area contributed by atoms with Crippen LogP contribution in [0.2, 0.25) is 5.02 Å². The number of nitrogens with two attached hydrogens (primary N) is 2. The third-order valence-corrected chi connectivity index (χ3v) is 18.3. The first kappa shape index (κ1) is 101. The molecular formula is C83H93ClN24O21. The van der Waals surface area contributed by atoms with Gasteiger partial charge in [0.1, 0.15) is 185 Å². The Balaban J connectivity index is 0.000000234. The lowest BCUT2D eigenvalue weighted by molar-refractivity contribution is -0.144. The van der Waals surface area contributed by atoms with E-state index >= 15 is 0 Å². The van der Waals surface area contributed by atoms with E-state index in [1.807, 2.05) is 30.3 Å². The number of nitrogens with zero attached hydrogens (tertiary/aromatic N) is 19. The summed E-state index contributed by atoms with van der Waals surface area (Å²) in [6, 6.07) is 25.3. The maximum atomic E-state index is 13.0. The van der Waals surface area contributed by atoms with E-state index in [9.17, 15) is 54.1 Å². The van der Waals surface area contributed by atoms with Gasteiger partial charge in [-0.2, -0.15) is 26.3 Å². The van der Waals surface area contributed by atoms with E-state index in [1.165, 1.54) is 126 Å². The minimum Gasteiger partial charge on any atom is -0.490 e. The largest absolute Gasteiger partial charge is 0.490 e. The average molecular weight is 1800 g/mol. The molecular weight excluding hydrogens is 1700 g/mol. The minimum absolute atomic E-state index is 0.00730. The Morgan fingerprint density at radius 3 is 1.06 bits per heavy atom. The maximum Gasteiger partial charge on any atom is 0.328 e. The molecule has 45 nitrogen and oxygen atoms in total. The van der Waals surface area contributed by atoms with Gasteiger partial charge in [-0.05, 0) is 23.8 Å². The maximum absolute atomic E-state index is 13.0. The predicted molar refractivity (Wildman–Crippen MR) is 459 cm³/mol. The van der Waals surface area contributed by atoms with Crippen molar-refractivity contribution in [2.75, 3.05) is 218 Å². The van der Waals surface area contributed by atoms with E-state index in [2.05, 4.69) is 55.8 Å². The Kier molecular flexibility index (Phi) is 41.7. The van der Waals surface area contributed by atoms with Crippen molar-refractivity contribution in [2.45, 2.75) is 25.9 Å². The number of ether oxygens (including phenoxy) is 13. The van der Waals surface area contributed by atoms with Crippen LogP contribution in [-0.2, 0) is 76.6 Å². The van der Waals surface area contributed by atoms with Crippen molar-refractivity contribution in [3.8, 4) is 53.3 Å². The Labute approximate surface area is 745 Å². The molecule has 0 radical (unpaired) electrons. The van der Waals surface area contributed by atoms with E-state index in [-0.39, 0.29) is 145 Å². The molecule has 0 bridgehead atoms. The van der Waals surface area contributed by atoms with Crippen LogP contribution in [0.25, 0.3) is 0 Å². The van der Waals surface area contributed by atoms with Gasteiger partial charge in [0.05, 0.1) is 81.6 Å². The fourth-order valence-electron chi connectivity index (χ4n) is 11.1. The van der Waals surface area contributed by atoms with Crippen molar-refractivity contribution in [3.63, 3.8) is 0 Å². The van der Waals surface area contributed by atoms with Crippen molar-refractivity contribution in [3.05, 3.63) is 164 Å². The number of aromatic nitrogens is 8. The third-order valence-electron chi connectivity index (χ3n) is 18.0. The summed E-state index contributed by atoms with van der Waals surface area (Å²) in [4.78, 5) is 139. The van der Waals surface area contributed by atoms with Crippen LogP contribution in [0.5, 0.6) is 23.0 Å². The van der Waals surface area contributed by atoms with Gasteiger partial charge >= 0.3 is 18.1 Å². The Bertz CT molecular complexity index is 5240. The number of urea groups is 3. The zero-order valence-electron chi connectivity index (χ0n) is 71.7. The molecule has 9 amide bonds. The standard InChI is InChI=1S/C24H30N6O7.2C22H24N6O6.C9H11N3O2.C6H4ClN3/c1-29(24(32)27-19-11-18(37-10-9-33-2)17(12-25)13-26-19)20-6-5-16(22(28-20)23(34-3)35-4)14-30-7-8-36-15-21(30)31;2*1-27(22(31)26-19-9-18(34-8-7-32-2)16(10-23)11-24-19)20-4-3-15(17(13-29)25-20)12-28-5-6-33-14-21(28)30;1-13-2-3-14-8-4-9(11)12-6-7(8)5-10;7-5-1-6(9)10-3-4(5)2-8/h5-6,11,13,23H,7-10,14-15H2,1-4H3,(H,26,27,32);2*3-4,9,11,13H,5-8,12,14H2,1-2H3,(H,24,26,31);4,6H,2-3H2,1H3,(H2,11,12);1,3H,(H2,9,10). The lowest BCUT2D eigenvalue weighted by Gasteiger charge is -2.28. The van der Waals surface area contributed by atoms with Crippen LogP contribution < -0.4 is 61.1 Å². The summed E-state index contributed by atoms with van der Waals surface area (Å²) in [5, 5.41) is 53.1. The molecule has 3 fully saturated rings. The topological polar surface area (TPSA) is 586 Å². The fraction of sp³-hybridized carbons (Fsp3) is 0.361. The lowest BCUT2D eigenvalue weighted by Crippen LogP contribution is -2.41. The molecule has 8 aromatic rings. The zero-order chi connectivity index (χ0) is 93.7. The number of carbonyl (C=O) groups excluding carboxylic acids is 8. The summed E-state index contributed by atoms with van der Waals surface area (Å²) < 4.78 is 67.8. The van der Waals surface area contributed by atoms with Gasteiger partial charge in [-0.15, -0.1) is 0 Å². The molecule has 3 aliphatic heterocycles. The molecule has 129 heavy (non-hydrogen) atoms. The van der Waals surface area contributed by atoms with Crippen molar-refractivity contribution >= 4 is 107 Å². The van der Waals surface area contributed by atoms with Crippen molar-refractivity contribution in [2.24, 2.45) is 0 Å². The molecule has 11 rings (SSSR count). The lowest BCUT2D eigenvalue weighted by atomic mass is 10.1. The van der Waals surface area contributed by atoms with E-state index in [0.717, 1.165) is 0 Å². The Morgan fingerprint density at radius 1 is 0.450 bits per heavy atom. The molecule has 3 saturated heterocycles. The zero-order valence-corrected chi connectivity index (χ0v) is 72.5. The molecule has 0 aromatic carbocycles. The SMILES string of the molecule is COCCOc1cc(N)ncc1C#N.COCCOc1cc(NC(=O)N(C)c2ccc(CN3CCOCC3=O)c(C(OC)OC)n2)ncc1C#N.COCCOc1cc(NC(=O)N(C)c2ccc(CN3CCOCC3=O)c(C=O)n2)ncc1C#N.COCCOc1cc(NC(=O)N(C)c2ccc(CN3CCOCC3=O)c(C=O)n2)ncc1C#N.N#Cc1cnc(N)cc1Cl. The monoisotopic (exact) mass is 1800 g/mol. The Morgan fingerprint density at radius 2 is 0.752 bits per heavy atom. The van der Waals surface area contributed by atoms with Gasteiger partial charge in [0, 0.05) is 151 Å². The molecule has 11 heterocycles. The highest BCUT2D eigenvalue weighted by molar-refractivity contribution is 6.31. The molecule has 3 aliphatic rings. The number of hydrogen-bond acceptors (Lipinski definition) is 36. The van der Waals surface area contributed by atoms with Crippen LogP contribution in [0.4, 0.5) is 60.9 Å². The van der Waals surface area contributed by atoms with E-state index in [4.69, 9.17) is 95.2 Å². The number of methoxy groups -OCH3 is 6. The molecule has 0 aliphatic carbocycles. The van der Waals surface area contributed by atoms with Crippen LogP contribution in [0.15, 0.2) is 97.7 Å². The van der Waals surface area contributed by atoms with Crippen LogP contribution in [0.1, 0.15) is 77.5 Å². The minimum atomic E-state index is -0.811. The third kappa shape index (κ3) is 30.9. The van der Waals surface area contributed by atoms with Gasteiger partial charge in [0.25, 0.3) is 0 Å². The van der Waals surface area contributed by atoms with Crippen LogP contribution >= 0.6 is 11.6 Å². The molecule has 46 heteroatoms. The number of morpholine rings is 3. The number of anilines is 8. The first-order valence-electron chi connectivity index (χ1n) is 38.7. The van der Waals surface area contributed by atoms with Crippen molar-refractivity contribution < 1.29 is 99.9 Å². The van der Waals surface area contributed by atoms with Crippen molar-refractivity contribution in [1.29, 1.82) is 26.3 Å². The number of amides is 9. The molecule has 0 spiro atoms. The molecule has 8 aromatic heterocycles. The van der Waals surface area contributed by atoms with E-state index in [0.29, 0.717) is 153 Å². The number of aldehydes is 2. The summed E-state index contributed by atoms with van der Waals surface area (Å²) in [7, 11) is 13.6. The summed E-state index contributed by atoms with van der Waals surface area (Å²) in [6.45, 7) is 5.95. The molecule has 0 atom stereocenters. The number of nitrogen functional groups attached to an aromatic ring is 2. The highest BCUT2D eigenvalue weighted by Gasteiger charge is 2.28. The molecule has 0 unspecified atom stereocenters. The second kappa shape index (κ2) is 53.3. The number of pyridine rings is 8. The van der Waals surface area contributed by atoms with E-state index in [1.54, 1.807) is 65.3 Å². The fourth-order valence-corrected chi connectivity index (χ4v) is 11.3.